The Kier molecular flexibility index (Phi) is 2.58. The van der Waals surface area contributed by atoms with Crippen LogP contribution in [0.15, 0.2) is 23.8 Å². The molecule has 0 bridgehead atoms. The van der Waals surface area contributed by atoms with E-state index in [0.717, 1.165) is 22.4 Å². The molecule has 1 N–H and O–H groups in total. The Hall–Kier alpha value is -1.57. The van der Waals surface area contributed by atoms with E-state index >= 15 is 0 Å². The highest BCUT2D eigenvalue weighted by molar-refractivity contribution is 6.32. The van der Waals surface area contributed by atoms with Crippen LogP contribution in [-0.2, 0) is 4.79 Å². The van der Waals surface area contributed by atoms with Gasteiger partial charge < -0.3 is 5.32 Å². The molecule has 0 aromatic heterocycles. The van der Waals surface area contributed by atoms with Crippen molar-refractivity contribution in [2.24, 2.45) is 0 Å². The molecular weight excluding hydrogens is 198 g/mol. The summed E-state index contributed by atoms with van der Waals surface area (Å²) < 4.78 is 0. The first-order valence-electron chi connectivity index (χ1n) is 5.64. The number of amides is 1. The first-order valence-corrected chi connectivity index (χ1v) is 5.64. The summed E-state index contributed by atoms with van der Waals surface area (Å²) in [5.74, 6) is 0.510. The lowest BCUT2D eigenvalue weighted by atomic mass is 9.96. The molecule has 1 amide bonds. The number of allylic oxidation sites excluding steroid dienone is 1. The first-order chi connectivity index (χ1) is 7.50. The van der Waals surface area contributed by atoms with Gasteiger partial charge in [0, 0.05) is 16.8 Å². The van der Waals surface area contributed by atoms with Crippen LogP contribution in [0.2, 0.25) is 0 Å². The third-order valence-corrected chi connectivity index (χ3v) is 2.95. The highest BCUT2D eigenvalue weighted by Crippen LogP contribution is 2.35. The molecule has 84 valence electrons. The first kappa shape index (κ1) is 10.9. The minimum Gasteiger partial charge on any atom is -0.321 e. The average Bonchev–Trinajstić information content (AvgIpc) is 2.51. The van der Waals surface area contributed by atoms with E-state index in [1.807, 2.05) is 19.9 Å². The molecular formula is C14H17NO. The van der Waals surface area contributed by atoms with E-state index in [4.69, 9.17) is 0 Å². The Morgan fingerprint density at radius 3 is 2.50 bits per heavy atom. The van der Waals surface area contributed by atoms with Crippen molar-refractivity contribution in [3.8, 4) is 0 Å². The van der Waals surface area contributed by atoms with Crippen LogP contribution in [0, 0.1) is 0 Å². The normalized spacial score (nSPS) is 14.1. The van der Waals surface area contributed by atoms with Crippen LogP contribution in [-0.4, -0.2) is 5.91 Å². The second-order valence-electron chi connectivity index (χ2n) is 4.79. The van der Waals surface area contributed by atoms with Crippen molar-refractivity contribution in [1.29, 1.82) is 0 Å². The molecule has 0 aliphatic carbocycles. The molecule has 16 heavy (non-hydrogen) atoms. The summed E-state index contributed by atoms with van der Waals surface area (Å²) in [6, 6.07) is 6.20. The fraction of sp³-hybridized carbons (Fsp3) is 0.357. The van der Waals surface area contributed by atoms with Gasteiger partial charge in [-0.3, -0.25) is 4.79 Å². The number of anilines is 1. The van der Waals surface area contributed by atoms with E-state index in [9.17, 15) is 4.79 Å². The van der Waals surface area contributed by atoms with Gasteiger partial charge in [0.15, 0.2) is 0 Å². The van der Waals surface area contributed by atoms with Gasteiger partial charge in [-0.05, 0) is 37.5 Å². The number of rotatable bonds is 1. The van der Waals surface area contributed by atoms with Crippen molar-refractivity contribution < 1.29 is 4.79 Å². The molecule has 0 saturated heterocycles. The maximum absolute atomic E-state index is 11.8. The van der Waals surface area contributed by atoms with Crippen molar-refractivity contribution in [3.63, 3.8) is 0 Å². The molecule has 0 unspecified atom stereocenters. The Balaban J connectivity index is 2.60. The molecule has 2 nitrogen and oxygen atoms in total. The van der Waals surface area contributed by atoms with Crippen LogP contribution in [0.4, 0.5) is 5.69 Å². The van der Waals surface area contributed by atoms with Crippen LogP contribution in [0.25, 0.3) is 5.57 Å². The second kappa shape index (κ2) is 3.78. The molecule has 2 rings (SSSR count). The highest BCUT2D eigenvalue weighted by atomic mass is 16.2. The summed E-state index contributed by atoms with van der Waals surface area (Å²) in [6.07, 6.45) is 0. The predicted molar refractivity (Wildman–Crippen MR) is 67.4 cm³/mol. The van der Waals surface area contributed by atoms with E-state index in [0.29, 0.717) is 5.92 Å². The zero-order valence-electron chi connectivity index (χ0n) is 10.2. The van der Waals surface area contributed by atoms with Crippen LogP contribution < -0.4 is 5.32 Å². The number of fused-ring (bicyclic) bond motifs is 1. The highest BCUT2D eigenvalue weighted by Gasteiger charge is 2.25. The van der Waals surface area contributed by atoms with Crippen molar-refractivity contribution in [3.05, 3.63) is 34.9 Å². The van der Waals surface area contributed by atoms with Crippen molar-refractivity contribution >= 4 is 17.2 Å². The van der Waals surface area contributed by atoms with Gasteiger partial charge in [-0.2, -0.15) is 0 Å². The Morgan fingerprint density at radius 1 is 1.25 bits per heavy atom. The molecule has 0 radical (unpaired) electrons. The standard InChI is InChI=1S/C14H17NO/c1-8(2)10-5-6-12-11(7-10)13(9(3)4)14(16)15-12/h5-8H,1-4H3,(H,15,16). The molecule has 0 fully saturated rings. The van der Waals surface area contributed by atoms with Gasteiger partial charge in [0.1, 0.15) is 0 Å². The molecule has 1 aromatic carbocycles. The largest absolute Gasteiger partial charge is 0.321 e. The molecule has 2 heteroatoms. The van der Waals surface area contributed by atoms with Crippen LogP contribution >= 0.6 is 0 Å². The zero-order chi connectivity index (χ0) is 11.9. The summed E-state index contributed by atoms with van der Waals surface area (Å²) in [5, 5.41) is 2.90. The number of hydrogen-bond donors (Lipinski definition) is 1. The van der Waals surface area contributed by atoms with Gasteiger partial charge in [0.05, 0.1) is 0 Å². The number of carbonyl (C=O) groups is 1. The third kappa shape index (κ3) is 1.64. The van der Waals surface area contributed by atoms with E-state index < -0.39 is 0 Å². The number of benzene rings is 1. The van der Waals surface area contributed by atoms with Crippen molar-refractivity contribution in [2.45, 2.75) is 33.6 Å². The maximum Gasteiger partial charge on any atom is 0.256 e. The van der Waals surface area contributed by atoms with Crippen molar-refractivity contribution in [2.75, 3.05) is 5.32 Å². The van der Waals surface area contributed by atoms with Crippen molar-refractivity contribution in [1.82, 2.24) is 0 Å². The SMILES string of the molecule is CC(C)=C1C(=O)Nc2ccc(C(C)C)cc21. The average molecular weight is 215 g/mol. The summed E-state index contributed by atoms with van der Waals surface area (Å²) in [5.41, 5.74) is 5.16. The fourth-order valence-electron chi connectivity index (χ4n) is 2.04. The number of nitrogens with one attached hydrogen (secondary N) is 1. The van der Waals surface area contributed by atoms with Gasteiger partial charge in [-0.15, -0.1) is 0 Å². The van der Waals surface area contributed by atoms with Gasteiger partial charge >= 0.3 is 0 Å². The Morgan fingerprint density at radius 2 is 1.94 bits per heavy atom. The van der Waals surface area contributed by atoms with Crippen LogP contribution in [0.5, 0.6) is 0 Å². The minimum absolute atomic E-state index is 0.0240. The van der Waals surface area contributed by atoms with E-state index in [1.165, 1.54) is 5.56 Å². The third-order valence-electron chi connectivity index (χ3n) is 2.95. The molecule has 1 aliphatic heterocycles. The van der Waals surface area contributed by atoms with Gasteiger partial charge in [-0.25, -0.2) is 0 Å². The minimum atomic E-state index is 0.0240. The molecule has 1 heterocycles. The Labute approximate surface area is 96.4 Å². The fourth-order valence-corrected chi connectivity index (χ4v) is 2.04. The number of carbonyl (C=O) groups excluding carboxylic acids is 1. The lowest BCUT2D eigenvalue weighted by Gasteiger charge is -2.08. The van der Waals surface area contributed by atoms with Gasteiger partial charge in [0.2, 0.25) is 0 Å². The summed E-state index contributed by atoms with van der Waals surface area (Å²) >= 11 is 0. The zero-order valence-corrected chi connectivity index (χ0v) is 10.2. The number of hydrogen-bond acceptors (Lipinski definition) is 1. The van der Waals surface area contributed by atoms with Crippen LogP contribution in [0.1, 0.15) is 44.7 Å². The smallest absolute Gasteiger partial charge is 0.256 e. The van der Waals surface area contributed by atoms with Crippen LogP contribution in [0.3, 0.4) is 0 Å². The molecule has 0 spiro atoms. The molecule has 0 atom stereocenters. The van der Waals surface area contributed by atoms with E-state index in [1.54, 1.807) is 0 Å². The monoisotopic (exact) mass is 215 g/mol. The summed E-state index contributed by atoms with van der Waals surface area (Å²) in [7, 11) is 0. The van der Waals surface area contributed by atoms with Gasteiger partial charge in [-0.1, -0.05) is 25.5 Å². The Bertz CT molecular complexity index is 480. The summed E-state index contributed by atoms with van der Waals surface area (Å²) in [6.45, 7) is 8.28. The lowest BCUT2D eigenvalue weighted by Crippen LogP contribution is -2.04. The lowest BCUT2D eigenvalue weighted by molar-refractivity contribution is -0.110. The topological polar surface area (TPSA) is 29.1 Å². The maximum atomic E-state index is 11.8. The van der Waals surface area contributed by atoms with Gasteiger partial charge in [0.25, 0.3) is 5.91 Å². The van der Waals surface area contributed by atoms with E-state index in [-0.39, 0.29) is 5.91 Å². The molecule has 0 saturated carbocycles. The van der Waals surface area contributed by atoms with E-state index in [2.05, 4.69) is 31.3 Å². The molecule has 1 aliphatic rings. The summed E-state index contributed by atoms with van der Waals surface area (Å²) in [4.78, 5) is 11.8. The predicted octanol–water partition coefficient (Wildman–Crippen LogP) is 3.56. The second-order valence-corrected chi connectivity index (χ2v) is 4.79. The molecule has 1 aromatic rings. The quantitative estimate of drug-likeness (QED) is 0.713.